The highest BCUT2D eigenvalue weighted by atomic mass is 32.2. The number of hydrogen-bond donors (Lipinski definition) is 2. The third kappa shape index (κ3) is 5.82. The summed E-state index contributed by atoms with van der Waals surface area (Å²) in [6.07, 6.45) is 0.541. The van der Waals surface area contributed by atoms with Crippen molar-refractivity contribution in [3.05, 3.63) is 70.8 Å². The monoisotopic (exact) mass is 432 g/mol. The minimum Gasteiger partial charge on any atom is -0.392 e. The standard InChI is InChI=1S/C23H28O6S/c24-10-17-4-1-3-16(7-17)9-20-12-26-14-22(28-20)30-23-15-27-13-21(29-23)19-6-2-5-18(8-19)11-25/h1-8,20-25H,9-15H2. The number of aliphatic hydroxyl groups excluding tert-OH is 2. The molecule has 2 aliphatic rings. The Morgan fingerprint density at radius 1 is 0.767 bits per heavy atom. The second kappa shape index (κ2) is 10.7. The van der Waals surface area contributed by atoms with Crippen LogP contribution in [0, 0.1) is 0 Å². The van der Waals surface area contributed by atoms with E-state index < -0.39 is 0 Å². The first-order valence-electron chi connectivity index (χ1n) is 10.2. The number of aliphatic hydroxyl groups is 2. The van der Waals surface area contributed by atoms with Gasteiger partial charge in [-0.2, -0.15) is 0 Å². The molecule has 30 heavy (non-hydrogen) atoms. The topological polar surface area (TPSA) is 77.4 Å². The summed E-state index contributed by atoms with van der Waals surface area (Å²) < 4.78 is 24.1. The quantitative estimate of drug-likeness (QED) is 0.697. The van der Waals surface area contributed by atoms with Crippen LogP contribution >= 0.6 is 11.8 Å². The summed E-state index contributed by atoms with van der Waals surface area (Å²) in [6, 6.07) is 15.7. The van der Waals surface area contributed by atoms with Crippen LogP contribution in [0.2, 0.25) is 0 Å². The number of benzene rings is 2. The Kier molecular flexibility index (Phi) is 7.78. The van der Waals surface area contributed by atoms with Gasteiger partial charge in [0.05, 0.1) is 45.7 Å². The van der Waals surface area contributed by atoms with Gasteiger partial charge in [0.2, 0.25) is 0 Å². The van der Waals surface area contributed by atoms with Crippen molar-refractivity contribution >= 4 is 11.8 Å². The second-order valence-electron chi connectivity index (χ2n) is 7.54. The summed E-state index contributed by atoms with van der Waals surface area (Å²) >= 11 is 1.59. The molecule has 2 aromatic carbocycles. The van der Waals surface area contributed by atoms with Gasteiger partial charge in [0.25, 0.3) is 0 Å². The molecule has 0 amide bonds. The maximum atomic E-state index is 9.37. The molecule has 0 bridgehead atoms. The molecule has 0 aromatic heterocycles. The van der Waals surface area contributed by atoms with Crippen molar-refractivity contribution in [3.8, 4) is 0 Å². The average Bonchev–Trinajstić information content (AvgIpc) is 2.80. The maximum Gasteiger partial charge on any atom is 0.129 e. The van der Waals surface area contributed by atoms with Crippen molar-refractivity contribution < 1.29 is 29.2 Å². The molecular formula is C23H28O6S. The van der Waals surface area contributed by atoms with Crippen molar-refractivity contribution in [1.82, 2.24) is 0 Å². The van der Waals surface area contributed by atoms with Gasteiger partial charge in [0.15, 0.2) is 0 Å². The predicted octanol–water partition coefficient (Wildman–Crippen LogP) is 2.80. The van der Waals surface area contributed by atoms with Crippen molar-refractivity contribution in [2.45, 2.75) is 42.7 Å². The van der Waals surface area contributed by atoms with E-state index >= 15 is 0 Å². The van der Waals surface area contributed by atoms with Crippen LogP contribution in [-0.2, 0) is 38.6 Å². The van der Waals surface area contributed by atoms with Crippen molar-refractivity contribution in [1.29, 1.82) is 0 Å². The number of thioether (sulfide) groups is 1. The first kappa shape index (κ1) is 21.8. The summed E-state index contributed by atoms with van der Waals surface area (Å²) in [7, 11) is 0. The molecule has 2 heterocycles. The summed E-state index contributed by atoms with van der Waals surface area (Å²) in [4.78, 5) is 0. The zero-order valence-corrected chi connectivity index (χ0v) is 17.6. The van der Waals surface area contributed by atoms with Crippen LogP contribution in [0.25, 0.3) is 0 Å². The third-order valence-electron chi connectivity index (χ3n) is 5.19. The average molecular weight is 433 g/mol. The van der Waals surface area contributed by atoms with E-state index in [1.165, 1.54) is 0 Å². The van der Waals surface area contributed by atoms with Crippen molar-refractivity contribution in [2.24, 2.45) is 0 Å². The molecule has 2 N–H and O–H groups in total. The summed E-state index contributed by atoms with van der Waals surface area (Å²) in [6.45, 7) is 2.12. The lowest BCUT2D eigenvalue weighted by molar-refractivity contribution is -0.117. The van der Waals surface area contributed by atoms with Gasteiger partial charge in [-0.15, -0.1) is 0 Å². The van der Waals surface area contributed by atoms with Crippen molar-refractivity contribution in [3.63, 3.8) is 0 Å². The van der Waals surface area contributed by atoms with Crippen LogP contribution in [0.5, 0.6) is 0 Å². The van der Waals surface area contributed by atoms with Crippen LogP contribution in [0.1, 0.15) is 28.4 Å². The molecule has 2 aromatic rings. The smallest absolute Gasteiger partial charge is 0.129 e. The zero-order valence-electron chi connectivity index (χ0n) is 16.8. The zero-order chi connectivity index (χ0) is 20.8. The van der Waals surface area contributed by atoms with Crippen LogP contribution in [-0.4, -0.2) is 53.6 Å². The van der Waals surface area contributed by atoms with Gasteiger partial charge in [0.1, 0.15) is 17.0 Å². The second-order valence-corrected chi connectivity index (χ2v) is 8.86. The van der Waals surface area contributed by atoms with Gasteiger partial charge in [-0.3, -0.25) is 0 Å². The molecule has 2 fully saturated rings. The number of ether oxygens (including phenoxy) is 4. The Bertz CT molecular complexity index is 816. The fourth-order valence-electron chi connectivity index (χ4n) is 3.73. The minimum absolute atomic E-state index is 0.00937. The molecule has 162 valence electrons. The van der Waals surface area contributed by atoms with E-state index in [0.29, 0.717) is 26.4 Å². The van der Waals surface area contributed by atoms with Gasteiger partial charge < -0.3 is 29.2 Å². The molecule has 0 radical (unpaired) electrons. The summed E-state index contributed by atoms with van der Waals surface area (Å²) in [5.41, 5.74) is 3.63. The van der Waals surface area contributed by atoms with E-state index in [1.807, 2.05) is 48.5 Å². The van der Waals surface area contributed by atoms with Crippen LogP contribution in [0.15, 0.2) is 48.5 Å². The Labute approximate surface area is 181 Å². The van der Waals surface area contributed by atoms with Crippen LogP contribution in [0.3, 0.4) is 0 Å². The molecule has 2 saturated heterocycles. The maximum absolute atomic E-state index is 9.37. The van der Waals surface area contributed by atoms with E-state index in [4.69, 9.17) is 18.9 Å². The van der Waals surface area contributed by atoms with Crippen LogP contribution in [0.4, 0.5) is 0 Å². The highest BCUT2D eigenvalue weighted by Gasteiger charge is 2.31. The summed E-state index contributed by atoms with van der Waals surface area (Å²) in [5.74, 6) is 0. The summed E-state index contributed by atoms with van der Waals surface area (Å²) in [5, 5.41) is 18.7. The van der Waals surface area contributed by atoms with Gasteiger partial charge in [-0.1, -0.05) is 60.3 Å². The Balaban J connectivity index is 1.32. The van der Waals surface area contributed by atoms with E-state index in [2.05, 4.69) is 0 Å². The SMILES string of the molecule is OCc1cccc(CC2COCC(SC3COCC(c4cccc(CO)c4)O3)O2)c1. The van der Waals surface area contributed by atoms with Gasteiger partial charge in [0, 0.05) is 6.42 Å². The van der Waals surface area contributed by atoms with Gasteiger partial charge in [-0.25, -0.2) is 0 Å². The van der Waals surface area contributed by atoms with E-state index in [-0.39, 0.29) is 36.3 Å². The molecule has 2 aliphatic heterocycles. The fraction of sp³-hybridized carbons (Fsp3) is 0.478. The Morgan fingerprint density at radius 2 is 1.43 bits per heavy atom. The molecule has 0 spiro atoms. The first-order chi connectivity index (χ1) is 14.7. The first-order valence-corrected chi connectivity index (χ1v) is 11.2. The van der Waals surface area contributed by atoms with Gasteiger partial charge >= 0.3 is 0 Å². The lowest BCUT2D eigenvalue weighted by Crippen LogP contribution is -2.39. The van der Waals surface area contributed by atoms with E-state index in [0.717, 1.165) is 28.7 Å². The molecular weight excluding hydrogens is 404 g/mol. The van der Waals surface area contributed by atoms with E-state index in [9.17, 15) is 10.2 Å². The minimum atomic E-state index is -0.163. The van der Waals surface area contributed by atoms with Gasteiger partial charge in [-0.05, 0) is 22.3 Å². The van der Waals surface area contributed by atoms with Crippen molar-refractivity contribution in [2.75, 3.05) is 26.4 Å². The molecule has 4 atom stereocenters. The lowest BCUT2D eigenvalue weighted by atomic mass is 10.1. The molecule has 0 aliphatic carbocycles. The van der Waals surface area contributed by atoms with E-state index in [1.54, 1.807) is 11.8 Å². The largest absolute Gasteiger partial charge is 0.392 e. The number of hydrogen-bond acceptors (Lipinski definition) is 7. The van der Waals surface area contributed by atoms with Crippen LogP contribution < -0.4 is 0 Å². The lowest BCUT2D eigenvalue weighted by Gasteiger charge is -2.35. The normalized spacial score (nSPS) is 27.1. The molecule has 7 heteroatoms. The predicted molar refractivity (Wildman–Crippen MR) is 114 cm³/mol. The Morgan fingerprint density at radius 3 is 2.23 bits per heavy atom. The fourth-order valence-corrected chi connectivity index (χ4v) is 4.83. The third-order valence-corrected chi connectivity index (χ3v) is 6.29. The molecule has 4 unspecified atom stereocenters. The highest BCUT2D eigenvalue weighted by Crippen LogP contribution is 2.33. The number of rotatable bonds is 7. The Hall–Kier alpha value is -1.45. The molecule has 4 rings (SSSR count). The molecule has 6 nitrogen and oxygen atoms in total. The molecule has 0 saturated carbocycles. The highest BCUT2D eigenvalue weighted by molar-refractivity contribution is 8.00.